The summed E-state index contributed by atoms with van der Waals surface area (Å²) >= 11 is 0. The SMILES string of the molecule is Cc1cc(C)c(CN2CC(C)CC2C)c(C)c1. The molecule has 0 aliphatic carbocycles. The van der Waals surface area contributed by atoms with Crippen LogP contribution in [0, 0.1) is 26.7 Å². The van der Waals surface area contributed by atoms with E-state index >= 15 is 0 Å². The maximum atomic E-state index is 2.63. The van der Waals surface area contributed by atoms with Crippen LogP contribution in [0.5, 0.6) is 0 Å². The molecule has 1 aromatic carbocycles. The van der Waals surface area contributed by atoms with Crippen LogP contribution < -0.4 is 0 Å². The molecule has 1 aliphatic heterocycles. The molecule has 1 saturated heterocycles. The molecule has 2 atom stereocenters. The van der Waals surface area contributed by atoms with E-state index in [0.29, 0.717) is 0 Å². The molecule has 0 spiro atoms. The Morgan fingerprint density at radius 2 is 1.71 bits per heavy atom. The summed E-state index contributed by atoms with van der Waals surface area (Å²) in [6, 6.07) is 5.36. The number of aryl methyl sites for hydroxylation is 3. The molecule has 1 aliphatic rings. The van der Waals surface area contributed by atoms with Gasteiger partial charge >= 0.3 is 0 Å². The highest BCUT2D eigenvalue weighted by Gasteiger charge is 2.26. The van der Waals surface area contributed by atoms with E-state index in [0.717, 1.165) is 18.5 Å². The van der Waals surface area contributed by atoms with Gasteiger partial charge in [0.25, 0.3) is 0 Å². The smallest absolute Gasteiger partial charge is 0.0241 e. The molecular formula is C16H25N. The predicted octanol–water partition coefficient (Wildman–Crippen LogP) is 3.84. The van der Waals surface area contributed by atoms with Gasteiger partial charge < -0.3 is 0 Å². The minimum absolute atomic E-state index is 0.741. The first-order valence-electron chi connectivity index (χ1n) is 6.78. The quantitative estimate of drug-likeness (QED) is 0.747. The summed E-state index contributed by atoms with van der Waals surface area (Å²) < 4.78 is 0. The van der Waals surface area contributed by atoms with Crippen molar-refractivity contribution in [2.45, 2.75) is 53.6 Å². The van der Waals surface area contributed by atoms with Gasteiger partial charge in [-0.2, -0.15) is 0 Å². The van der Waals surface area contributed by atoms with Gasteiger partial charge in [0.15, 0.2) is 0 Å². The zero-order valence-electron chi connectivity index (χ0n) is 11.9. The molecule has 94 valence electrons. The molecule has 0 aromatic heterocycles. The molecule has 0 N–H and O–H groups in total. The fraction of sp³-hybridized carbons (Fsp3) is 0.625. The van der Waals surface area contributed by atoms with E-state index in [9.17, 15) is 0 Å². The molecule has 1 fully saturated rings. The Hall–Kier alpha value is -0.820. The van der Waals surface area contributed by atoms with Gasteiger partial charge in [0.1, 0.15) is 0 Å². The molecule has 2 rings (SSSR count). The minimum Gasteiger partial charge on any atom is -0.296 e. The molecule has 1 nitrogen and oxygen atoms in total. The third-order valence-corrected chi connectivity index (χ3v) is 4.11. The molecule has 0 saturated carbocycles. The summed E-state index contributed by atoms with van der Waals surface area (Å²) in [6.45, 7) is 13.8. The molecule has 0 radical (unpaired) electrons. The lowest BCUT2D eigenvalue weighted by molar-refractivity contribution is 0.255. The van der Waals surface area contributed by atoms with Gasteiger partial charge in [-0.05, 0) is 56.7 Å². The summed E-state index contributed by atoms with van der Waals surface area (Å²) in [6.07, 6.45) is 1.35. The van der Waals surface area contributed by atoms with Crippen LogP contribution >= 0.6 is 0 Å². The van der Waals surface area contributed by atoms with Crippen LogP contribution in [0.25, 0.3) is 0 Å². The molecular weight excluding hydrogens is 206 g/mol. The topological polar surface area (TPSA) is 3.24 Å². The van der Waals surface area contributed by atoms with E-state index in [-0.39, 0.29) is 0 Å². The lowest BCUT2D eigenvalue weighted by Gasteiger charge is -2.23. The van der Waals surface area contributed by atoms with Crippen LogP contribution in [0.4, 0.5) is 0 Å². The molecule has 0 bridgehead atoms. The van der Waals surface area contributed by atoms with E-state index in [1.165, 1.54) is 35.2 Å². The Kier molecular flexibility index (Phi) is 3.58. The van der Waals surface area contributed by atoms with Crippen molar-refractivity contribution in [3.63, 3.8) is 0 Å². The second-order valence-electron chi connectivity index (χ2n) is 6.00. The van der Waals surface area contributed by atoms with E-state index in [1.807, 2.05) is 0 Å². The van der Waals surface area contributed by atoms with Crippen LogP contribution in [-0.2, 0) is 6.54 Å². The van der Waals surface area contributed by atoms with Crippen molar-refractivity contribution in [2.75, 3.05) is 6.54 Å². The zero-order chi connectivity index (χ0) is 12.6. The second kappa shape index (κ2) is 4.81. The largest absolute Gasteiger partial charge is 0.296 e. The Morgan fingerprint density at radius 3 is 2.18 bits per heavy atom. The first kappa shape index (κ1) is 12.6. The van der Waals surface area contributed by atoms with Crippen LogP contribution in [0.3, 0.4) is 0 Å². The van der Waals surface area contributed by atoms with Crippen molar-refractivity contribution in [3.8, 4) is 0 Å². The normalized spacial score (nSPS) is 25.5. The molecule has 1 heteroatoms. The van der Waals surface area contributed by atoms with Crippen molar-refractivity contribution in [1.82, 2.24) is 4.90 Å². The third-order valence-electron chi connectivity index (χ3n) is 4.11. The number of benzene rings is 1. The van der Waals surface area contributed by atoms with E-state index in [2.05, 4.69) is 51.7 Å². The van der Waals surface area contributed by atoms with Crippen molar-refractivity contribution in [2.24, 2.45) is 5.92 Å². The first-order chi connectivity index (χ1) is 7.97. The zero-order valence-corrected chi connectivity index (χ0v) is 11.9. The summed E-state index contributed by atoms with van der Waals surface area (Å²) in [7, 11) is 0. The van der Waals surface area contributed by atoms with Gasteiger partial charge in [0.05, 0.1) is 0 Å². The number of hydrogen-bond acceptors (Lipinski definition) is 1. The first-order valence-corrected chi connectivity index (χ1v) is 6.78. The molecule has 17 heavy (non-hydrogen) atoms. The molecule has 2 unspecified atom stereocenters. The Morgan fingerprint density at radius 1 is 1.12 bits per heavy atom. The van der Waals surface area contributed by atoms with E-state index in [1.54, 1.807) is 0 Å². The number of nitrogens with zero attached hydrogens (tertiary/aromatic N) is 1. The average Bonchev–Trinajstić information content (AvgIpc) is 2.51. The lowest BCUT2D eigenvalue weighted by atomic mass is 9.99. The Bertz CT molecular complexity index is 385. The van der Waals surface area contributed by atoms with Gasteiger partial charge in [-0.15, -0.1) is 0 Å². The highest BCUT2D eigenvalue weighted by molar-refractivity contribution is 5.37. The highest BCUT2D eigenvalue weighted by Crippen LogP contribution is 2.26. The molecule has 1 aromatic rings. The van der Waals surface area contributed by atoms with E-state index < -0.39 is 0 Å². The molecule has 1 heterocycles. The van der Waals surface area contributed by atoms with Crippen molar-refractivity contribution in [1.29, 1.82) is 0 Å². The highest BCUT2D eigenvalue weighted by atomic mass is 15.2. The number of likely N-dealkylation sites (tertiary alicyclic amines) is 1. The van der Waals surface area contributed by atoms with Crippen LogP contribution in [0.15, 0.2) is 12.1 Å². The van der Waals surface area contributed by atoms with Gasteiger partial charge in [-0.1, -0.05) is 24.6 Å². The standard InChI is InChI=1S/C16H25N/c1-11-6-13(3)16(14(4)7-11)10-17-9-12(2)8-15(17)5/h6-7,12,15H,8-10H2,1-5H3. The summed E-state index contributed by atoms with van der Waals surface area (Å²) in [4.78, 5) is 2.63. The Balaban J connectivity index is 2.19. The van der Waals surface area contributed by atoms with E-state index in [4.69, 9.17) is 0 Å². The Labute approximate surface area is 106 Å². The monoisotopic (exact) mass is 231 g/mol. The summed E-state index contributed by atoms with van der Waals surface area (Å²) in [5, 5.41) is 0. The predicted molar refractivity (Wildman–Crippen MR) is 74.3 cm³/mol. The van der Waals surface area contributed by atoms with Gasteiger partial charge in [-0.25, -0.2) is 0 Å². The second-order valence-corrected chi connectivity index (χ2v) is 6.00. The van der Waals surface area contributed by atoms with Gasteiger partial charge in [0, 0.05) is 19.1 Å². The van der Waals surface area contributed by atoms with Crippen molar-refractivity contribution < 1.29 is 0 Å². The van der Waals surface area contributed by atoms with Gasteiger partial charge in [-0.3, -0.25) is 4.90 Å². The minimum atomic E-state index is 0.741. The number of hydrogen-bond donors (Lipinski definition) is 0. The van der Waals surface area contributed by atoms with Crippen LogP contribution in [0.1, 0.15) is 42.5 Å². The average molecular weight is 231 g/mol. The molecule has 0 amide bonds. The number of rotatable bonds is 2. The summed E-state index contributed by atoms with van der Waals surface area (Å²) in [5.74, 6) is 0.857. The fourth-order valence-corrected chi connectivity index (χ4v) is 3.27. The third kappa shape index (κ3) is 2.71. The summed E-state index contributed by atoms with van der Waals surface area (Å²) in [5.41, 5.74) is 5.83. The van der Waals surface area contributed by atoms with Crippen LogP contribution in [0.2, 0.25) is 0 Å². The lowest BCUT2D eigenvalue weighted by Crippen LogP contribution is -2.27. The maximum Gasteiger partial charge on any atom is 0.0241 e. The fourth-order valence-electron chi connectivity index (χ4n) is 3.27. The maximum absolute atomic E-state index is 2.63. The van der Waals surface area contributed by atoms with Crippen molar-refractivity contribution in [3.05, 3.63) is 34.4 Å². The van der Waals surface area contributed by atoms with Gasteiger partial charge in [0.2, 0.25) is 0 Å². The van der Waals surface area contributed by atoms with Crippen LogP contribution in [-0.4, -0.2) is 17.5 Å². The van der Waals surface area contributed by atoms with Crippen molar-refractivity contribution >= 4 is 0 Å².